The Hall–Kier alpha value is -2.18. The van der Waals surface area contributed by atoms with E-state index in [1.54, 1.807) is 18.2 Å². The highest BCUT2D eigenvalue weighted by Gasteiger charge is 2.22. The smallest absolute Gasteiger partial charge is 0.240 e. The molecule has 1 fully saturated rings. The van der Waals surface area contributed by atoms with Gasteiger partial charge in [-0.25, -0.2) is 26.3 Å². The topological polar surface area (TPSA) is 120 Å². The van der Waals surface area contributed by atoms with Crippen LogP contribution in [0, 0.1) is 0 Å². The van der Waals surface area contributed by atoms with Crippen molar-refractivity contribution < 1.29 is 31.0 Å². The minimum absolute atomic E-state index is 0.00443. The van der Waals surface area contributed by atoms with Crippen LogP contribution in [0.3, 0.4) is 0 Å². The zero-order chi connectivity index (χ0) is 21.2. The summed E-state index contributed by atoms with van der Waals surface area (Å²) in [6.45, 7) is 1.03. The van der Waals surface area contributed by atoms with Crippen LogP contribution in [0.5, 0.6) is 11.5 Å². The number of sulfonamides is 2. The van der Waals surface area contributed by atoms with Gasteiger partial charge in [-0.15, -0.1) is 0 Å². The van der Waals surface area contributed by atoms with Crippen LogP contribution in [0.15, 0.2) is 52.3 Å². The van der Waals surface area contributed by atoms with Crippen LogP contribution in [0.25, 0.3) is 0 Å². The van der Waals surface area contributed by atoms with E-state index in [9.17, 15) is 16.8 Å². The molecule has 2 N–H and O–H groups in total. The predicted molar refractivity (Wildman–Crippen MR) is 107 cm³/mol. The quantitative estimate of drug-likeness (QED) is 0.618. The molecule has 9 nitrogen and oxygen atoms in total. The Bertz CT molecular complexity index is 1110. The lowest BCUT2D eigenvalue weighted by molar-refractivity contribution is 0.114. The second-order valence-corrected chi connectivity index (χ2v) is 10.5. The van der Waals surface area contributed by atoms with Crippen molar-refractivity contribution in [2.75, 3.05) is 19.9 Å². The van der Waals surface area contributed by atoms with E-state index in [0.29, 0.717) is 23.7 Å². The normalized spacial score (nSPS) is 18.6. The summed E-state index contributed by atoms with van der Waals surface area (Å²) in [5, 5.41) is 0. The van der Waals surface area contributed by atoms with Crippen LogP contribution in [0.2, 0.25) is 0 Å². The molecule has 2 heterocycles. The van der Waals surface area contributed by atoms with Gasteiger partial charge in [0.2, 0.25) is 26.8 Å². The van der Waals surface area contributed by atoms with Crippen molar-refractivity contribution in [1.82, 2.24) is 9.44 Å². The molecule has 2 aromatic carbocycles. The van der Waals surface area contributed by atoms with Crippen LogP contribution in [-0.4, -0.2) is 42.9 Å². The van der Waals surface area contributed by atoms with Gasteiger partial charge < -0.3 is 14.2 Å². The van der Waals surface area contributed by atoms with Crippen LogP contribution < -0.4 is 18.9 Å². The van der Waals surface area contributed by atoms with Crippen LogP contribution in [-0.2, 0) is 31.3 Å². The highest BCUT2D eigenvalue weighted by molar-refractivity contribution is 7.90. The summed E-state index contributed by atoms with van der Waals surface area (Å²) >= 11 is 0. The molecule has 0 bridgehead atoms. The number of benzene rings is 2. The Morgan fingerprint density at radius 3 is 2.20 bits per heavy atom. The minimum Gasteiger partial charge on any atom is -0.454 e. The highest BCUT2D eigenvalue weighted by atomic mass is 32.2. The van der Waals surface area contributed by atoms with Gasteiger partial charge in [-0.2, -0.15) is 0 Å². The van der Waals surface area contributed by atoms with Crippen molar-refractivity contribution in [3.05, 3.63) is 48.0 Å². The molecule has 4 rings (SSSR count). The second kappa shape index (κ2) is 8.52. The molecule has 0 amide bonds. The Kier molecular flexibility index (Phi) is 5.98. The third-order valence-corrected chi connectivity index (χ3v) is 7.73. The van der Waals surface area contributed by atoms with Crippen molar-refractivity contribution in [3.8, 4) is 11.5 Å². The molecule has 0 aliphatic carbocycles. The maximum Gasteiger partial charge on any atom is 0.240 e. The Labute approximate surface area is 175 Å². The van der Waals surface area contributed by atoms with Crippen molar-refractivity contribution in [2.45, 2.75) is 35.3 Å². The van der Waals surface area contributed by atoms with Crippen molar-refractivity contribution in [1.29, 1.82) is 0 Å². The molecule has 0 aromatic heterocycles. The Balaban J connectivity index is 1.39. The number of fused-ring (bicyclic) bond motifs is 1. The Morgan fingerprint density at radius 2 is 1.53 bits per heavy atom. The van der Waals surface area contributed by atoms with Crippen LogP contribution >= 0.6 is 0 Å². The predicted octanol–water partition coefficient (Wildman–Crippen LogP) is 1.35. The summed E-state index contributed by atoms with van der Waals surface area (Å²) < 4.78 is 70.8. The summed E-state index contributed by atoms with van der Waals surface area (Å²) in [5.41, 5.74) is 0.709. The summed E-state index contributed by atoms with van der Waals surface area (Å²) in [6.07, 6.45) is 1.60. The molecular weight excluding hydrogens is 432 g/mol. The lowest BCUT2D eigenvalue weighted by Gasteiger charge is -2.12. The largest absolute Gasteiger partial charge is 0.454 e. The minimum atomic E-state index is -3.82. The molecule has 11 heteroatoms. The lowest BCUT2D eigenvalue weighted by atomic mass is 10.2. The first-order valence-electron chi connectivity index (χ1n) is 9.43. The number of rotatable bonds is 8. The molecule has 1 saturated heterocycles. The Morgan fingerprint density at radius 1 is 0.867 bits per heavy atom. The molecule has 0 spiro atoms. The first-order chi connectivity index (χ1) is 14.3. The number of nitrogens with one attached hydrogen (secondary N) is 2. The number of hydrogen-bond donors (Lipinski definition) is 2. The lowest BCUT2D eigenvalue weighted by Crippen LogP contribution is -2.31. The fourth-order valence-electron chi connectivity index (χ4n) is 3.20. The summed E-state index contributed by atoms with van der Waals surface area (Å²) in [5.74, 6) is 1.18. The van der Waals surface area contributed by atoms with Gasteiger partial charge in [0, 0.05) is 19.7 Å². The van der Waals surface area contributed by atoms with Gasteiger partial charge in [0.15, 0.2) is 11.5 Å². The van der Waals surface area contributed by atoms with Gasteiger partial charge in [0.05, 0.1) is 15.9 Å². The van der Waals surface area contributed by atoms with E-state index < -0.39 is 20.0 Å². The summed E-state index contributed by atoms with van der Waals surface area (Å²) in [7, 11) is -7.56. The van der Waals surface area contributed by atoms with E-state index in [1.807, 2.05) is 0 Å². The molecule has 2 aromatic rings. The van der Waals surface area contributed by atoms with Gasteiger partial charge in [0.25, 0.3) is 0 Å². The molecular formula is C19H22N2O7S2. The molecule has 0 unspecified atom stereocenters. The van der Waals surface area contributed by atoms with Crippen LogP contribution in [0.1, 0.15) is 18.4 Å². The average molecular weight is 455 g/mol. The van der Waals surface area contributed by atoms with E-state index in [-0.39, 0.29) is 35.8 Å². The second-order valence-electron chi connectivity index (χ2n) is 6.97. The van der Waals surface area contributed by atoms with Gasteiger partial charge in [0.1, 0.15) is 0 Å². The van der Waals surface area contributed by atoms with E-state index in [1.165, 1.54) is 24.3 Å². The molecule has 0 saturated carbocycles. The molecule has 162 valence electrons. The molecule has 1 atom stereocenters. The van der Waals surface area contributed by atoms with Gasteiger partial charge >= 0.3 is 0 Å². The fourth-order valence-corrected chi connectivity index (χ4v) is 5.29. The first kappa shape index (κ1) is 21.1. The monoisotopic (exact) mass is 454 g/mol. The number of hydrogen-bond acceptors (Lipinski definition) is 7. The number of ether oxygens (including phenoxy) is 3. The zero-order valence-electron chi connectivity index (χ0n) is 16.0. The SMILES string of the molecule is O=S(=O)(NCc1ccc2c(c1)OCO2)c1ccc(S(=O)(=O)NC[C@@H]2CCCO2)cc1. The standard InChI is InChI=1S/C19H22N2O7S2/c22-29(23,20-11-14-3-8-18-19(10-14)28-13-27-18)16-4-6-17(7-5-16)30(24,25)21-12-15-2-1-9-26-15/h3-8,10,15,20-21H,1-2,9,11-13H2/t15-/m0/s1. The van der Waals surface area contributed by atoms with Crippen molar-refractivity contribution in [3.63, 3.8) is 0 Å². The van der Waals surface area contributed by atoms with E-state index in [2.05, 4.69) is 9.44 Å². The van der Waals surface area contributed by atoms with E-state index >= 15 is 0 Å². The zero-order valence-corrected chi connectivity index (χ0v) is 17.7. The average Bonchev–Trinajstić information content (AvgIpc) is 3.42. The molecule has 2 aliphatic heterocycles. The van der Waals surface area contributed by atoms with E-state index in [0.717, 1.165) is 12.8 Å². The highest BCUT2D eigenvalue weighted by Crippen LogP contribution is 2.32. The van der Waals surface area contributed by atoms with Crippen molar-refractivity contribution >= 4 is 20.0 Å². The molecule has 2 aliphatic rings. The van der Waals surface area contributed by atoms with Gasteiger partial charge in [-0.05, 0) is 54.8 Å². The maximum atomic E-state index is 12.6. The van der Waals surface area contributed by atoms with Crippen LogP contribution in [0.4, 0.5) is 0 Å². The summed E-state index contributed by atoms with van der Waals surface area (Å²) in [6, 6.07) is 10.2. The third-order valence-electron chi connectivity index (χ3n) is 4.87. The van der Waals surface area contributed by atoms with E-state index in [4.69, 9.17) is 14.2 Å². The molecule has 0 radical (unpaired) electrons. The fraction of sp³-hybridized carbons (Fsp3) is 0.368. The molecule has 30 heavy (non-hydrogen) atoms. The summed E-state index contributed by atoms with van der Waals surface area (Å²) in [4.78, 5) is -0.0310. The van der Waals surface area contributed by atoms with Gasteiger partial charge in [-0.3, -0.25) is 0 Å². The first-order valence-corrected chi connectivity index (χ1v) is 12.4. The third kappa shape index (κ3) is 4.76. The van der Waals surface area contributed by atoms with Gasteiger partial charge in [-0.1, -0.05) is 6.07 Å². The van der Waals surface area contributed by atoms with Crippen molar-refractivity contribution in [2.24, 2.45) is 0 Å². The maximum absolute atomic E-state index is 12.6.